The number of carbonyl (C=O) groups excluding carboxylic acids is 1. The molecule has 1 aromatic heterocycles. The Labute approximate surface area is 108 Å². The van der Waals surface area contributed by atoms with E-state index in [-0.39, 0.29) is 6.03 Å². The van der Waals surface area contributed by atoms with Gasteiger partial charge in [-0.1, -0.05) is 24.2 Å². The van der Waals surface area contributed by atoms with Crippen LogP contribution in [0.2, 0.25) is 0 Å². The summed E-state index contributed by atoms with van der Waals surface area (Å²) < 4.78 is 7.25. The highest BCUT2D eigenvalue weighted by Crippen LogP contribution is 2.31. The summed E-state index contributed by atoms with van der Waals surface area (Å²) in [6, 6.07) is 5.23. The zero-order valence-electron chi connectivity index (χ0n) is 9.30. The maximum Gasteiger partial charge on any atom is 0.333 e. The Kier molecular flexibility index (Phi) is 3.39. The van der Waals surface area contributed by atoms with Gasteiger partial charge < -0.3 is 10.1 Å². The second-order valence-electron chi connectivity index (χ2n) is 3.20. The number of benzene rings is 1. The first-order valence-corrected chi connectivity index (χ1v) is 6.02. The van der Waals surface area contributed by atoms with E-state index in [1.807, 2.05) is 18.2 Å². The number of thiol groups is 1. The van der Waals surface area contributed by atoms with Crippen molar-refractivity contribution in [3.63, 3.8) is 0 Å². The van der Waals surface area contributed by atoms with Crippen LogP contribution in [0.25, 0.3) is 10.2 Å². The number of hydrogen-bond donors (Lipinski definition) is 2. The Morgan fingerprint density at radius 2 is 2.35 bits per heavy atom. The fourth-order valence-corrected chi connectivity index (χ4v) is 2.47. The molecule has 0 aliphatic carbocycles. The summed E-state index contributed by atoms with van der Waals surface area (Å²) in [5.41, 5.74) is 0.814. The van der Waals surface area contributed by atoms with Gasteiger partial charge in [0.1, 0.15) is 5.75 Å². The number of carbonyl (C=O) groups is 1. The van der Waals surface area contributed by atoms with E-state index in [9.17, 15) is 4.79 Å². The number of aromatic nitrogens is 1. The smallest absolute Gasteiger partial charge is 0.333 e. The lowest BCUT2D eigenvalue weighted by atomic mass is 10.3. The highest BCUT2D eigenvalue weighted by atomic mass is 32.1. The number of nitrogens with one attached hydrogen (secondary N) is 1. The summed E-state index contributed by atoms with van der Waals surface area (Å²) in [5, 5.41) is 3.01. The van der Waals surface area contributed by atoms with Crippen LogP contribution in [-0.2, 0) is 0 Å². The van der Waals surface area contributed by atoms with Crippen molar-refractivity contribution < 1.29 is 9.53 Å². The van der Waals surface area contributed by atoms with Crippen molar-refractivity contribution in [3.05, 3.63) is 18.2 Å². The van der Waals surface area contributed by atoms with E-state index in [0.717, 1.165) is 16.0 Å². The number of urea groups is 1. The molecule has 0 saturated heterocycles. The molecule has 5 nitrogen and oxygen atoms in total. The number of nitrogens with zero attached hydrogens (tertiary/aromatic N) is 2. The minimum atomic E-state index is -0.320. The van der Waals surface area contributed by atoms with E-state index in [1.165, 1.54) is 15.6 Å². The number of anilines is 1. The van der Waals surface area contributed by atoms with Crippen molar-refractivity contribution in [2.24, 2.45) is 0 Å². The van der Waals surface area contributed by atoms with Crippen LogP contribution in [-0.4, -0.2) is 25.2 Å². The van der Waals surface area contributed by atoms with Gasteiger partial charge >= 0.3 is 6.03 Å². The van der Waals surface area contributed by atoms with Crippen LogP contribution in [0.15, 0.2) is 18.2 Å². The predicted octanol–water partition coefficient (Wildman–Crippen LogP) is 2.30. The lowest BCUT2D eigenvalue weighted by Crippen LogP contribution is -2.30. The number of fused-ring (bicyclic) bond motifs is 1. The molecule has 2 aromatic rings. The summed E-state index contributed by atoms with van der Waals surface area (Å²) in [6.45, 7) is 0. The van der Waals surface area contributed by atoms with Gasteiger partial charge in [0, 0.05) is 7.05 Å². The first-order chi connectivity index (χ1) is 8.15. The largest absolute Gasteiger partial charge is 0.497 e. The molecule has 0 aliphatic heterocycles. The van der Waals surface area contributed by atoms with Crippen LogP contribution < -0.4 is 14.4 Å². The van der Waals surface area contributed by atoms with Crippen LogP contribution in [0.4, 0.5) is 9.93 Å². The average molecular weight is 269 g/mol. The monoisotopic (exact) mass is 269 g/mol. The number of rotatable bonds is 2. The quantitative estimate of drug-likeness (QED) is 0.823. The van der Waals surface area contributed by atoms with E-state index in [0.29, 0.717) is 5.13 Å². The van der Waals surface area contributed by atoms with Gasteiger partial charge in [-0.3, -0.25) is 0 Å². The van der Waals surface area contributed by atoms with E-state index in [4.69, 9.17) is 4.74 Å². The Morgan fingerprint density at radius 1 is 1.59 bits per heavy atom. The second kappa shape index (κ2) is 4.80. The number of thiazole rings is 1. The standard InChI is InChI=1S/C10H11N3O2S2/c1-11-9(14)13(16)10-12-7-4-3-6(15-2)5-8(7)17-10/h3-5,16H,1-2H3,(H,11,14). The summed E-state index contributed by atoms with van der Waals surface area (Å²) in [6.07, 6.45) is 0. The molecular formula is C10H11N3O2S2. The van der Waals surface area contributed by atoms with Gasteiger partial charge in [-0.25, -0.2) is 14.1 Å². The molecule has 0 spiro atoms. The highest BCUT2D eigenvalue weighted by Gasteiger charge is 2.15. The molecule has 0 bridgehead atoms. The van der Waals surface area contributed by atoms with Crippen molar-refractivity contribution in [1.82, 2.24) is 10.3 Å². The molecule has 2 amide bonds. The van der Waals surface area contributed by atoms with Gasteiger partial charge in [-0.15, -0.1) is 0 Å². The molecule has 0 radical (unpaired) electrons. The number of methoxy groups -OCH3 is 1. The molecule has 0 fully saturated rings. The molecule has 90 valence electrons. The Balaban J connectivity index is 2.40. The minimum Gasteiger partial charge on any atom is -0.497 e. The zero-order chi connectivity index (χ0) is 12.4. The second-order valence-corrected chi connectivity index (χ2v) is 4.61. The number of ether oxygens (including phenoxy) is 1. The van der Waals surface area contributed by atoms with Crippen LogP contribution in [0, 0.1) is 0 Å². The first kappa shape index (κ1) is 12.0. The Hall–Kier alpha value is -1.47. The van der Waals surface area contributed by atoms with Crippen LogP contribution in [0.1, 0.15) is 0 Å². The molecule has 0 saturated carbocycles. The molecule has 2 rings (SSSR count). The minimum absolute atomic E-state index is 0.320. The third-order valence-electron chi connectivity index (χ3n) is 2.17. The summed E-state index contributed by atoms with van der Waals surface area (Å²) in [7, 11) is 3.15. The first-order valence-electron chi connectivity index (χ1n) is 4.81. The lowest BCUT2D eigenvalue weighted by molar-refractivity contribution is 0.252. The number of hydrogen-bond acceptors (Lipinski definition) is 5. The van der Waals surface area contributed by atoms with Crippen molar-refractivity contribution in [1.29, 1.82) is 0 Å². The van der Waals surface area contributed by atoms with Gasteiger partial charge in [0.05, 0.1) is 17.3 Å². The van der Waals surface area contributed by atoms with E-state index >= 15 is 0 Å². The van der Waals surface area contributed by atoms with Crippen LogP contribution in [0.5, 0.6) is 5.75 Å². The third kappa shape index (κ3) is 2.29. The van der Waals surface area contributed by atoms with E-state index in [2.05, 4.69) is 23.1 Å². The Bertz CT molecular complexity index is 555. The third-order valence-corrected chi connectivity index (χ3v) is 3.68. The molecule has 1 aromatic carbocycles. The topological polar surface area (TPSA) is 54.5 Å². The van der Waals surface area contributed by atoms with Crippen LogP contribution >= 0.6 is 24.2 Å². The molecular weight excluding hydrogens is 258 g/mol. The van der Waals surface area contributed by atoms with Crippen molar-refractivity contribution in [2.45, 2.75) is 0 Å². The lowest BCUT2D eigenvalue weighted by Gasteiger charge is -2.09. The van der Waals surface area contributed by atoms with Gasteiger partial charge in [-0.2, -0.15) is 0 Å². The molecule has 0 unspecified atom stereocenters. The molecule has 1 N–H and O–H groups in total. The van der Waals surface area contributed by atoms with Crippen LogP contribution in [0.3, 0.4) is 0 Å². The predicted molar refractivity (Wildman–Crippen MR) is 72.1 cm³/mol. The molecule has 0 atom stereocenters. The highest BCUT2D eigenvalue weighted by molar-refractivity contribution is 7.83. The van der Waals surface area contributed by atoms with Crippen molar-refractivity contribution in [3.8, 4) is 5.75 Å². The van der Waals surface area contributed by atoms with E-state index in [1.54, 1.807) is 14.2 Å². The van der Waals surface area contributed by atoms with Gasteiger partial charge in [0.25, 0.3) is 0 Å². The van der Waals surface area contributed by atoms with E-state index < -0.39 is 0 Å². The fourth-order valence-electron chi connectivity index (χ4n) is 1.30. The molecule has 1 heterocycles. The molecule has 7 heteroatoms. The number of amides is 2. The van der Waals surface area contributed by atoms with Gasteiger partial charge in [-0.05, 0) is 18.2 Å². The summed E-state index contributed by atoms with van der Waals surface area (Å²) in [4.78, 5) is 15.7. The maximum absolute atomic E-state index is 11.4. The molecule has 17 heavy (non-hydrogen) atoms. The van der Waals surface area contributed by atoms with Gasteiger partial charge in [0.2, 0.25) is 5.13 Å². The van der Waals surface area contributed by atoms with Crippen molar-refractivity contribution >= 4 is 45.5 Å². The van der Waals surface area contributed by atoms with Gasteiger partial charge in [0.15, 0.2) is 0 Å². The Morgan fingerprint density at radius 3 is 3.00 bits per heavy atom. The maximum atomic E-state index is 11.4. The zero-order valence-corrected chi connectivity index (χ0v) is 11.0. The SMILES string of the molecule is CNC(=O)N(S)c1nc2ccc(OC)cc2s1. The fraction of sp³-hybridized carbons (Fsp3) is 0.200. The normalized spacial score (nSPS) is 10.3. The summed E-state index contributed by atoms with van der Waals surface area (Å²) >= 11 is 5.47. The van der Waals surface area contributed by atoms with Crippen molar-refractivity contribution in [2.75, 3.05) is 18.5 Å². The summed E-state index contributed by atoms with van der Waals surface area (Å²) in [5.74, 6) is 0.762. The average Bonchev–Trinajstić information content (AvgIpc) is 2.79. The molecule has 0 aliphatic rings.